The number of benzene rings is 2. The number of aromatic nitrogens is 2. The number of nitrogens with one attached hydrogen (secondary N) is 2. The SMILES string of the molecule is Cc1ccc(-c2ccc(OCCNC(=O)Nc3c(F)cccc3Cl)nn2)cc1. The lowest BCUT2D eigenvalue weighted by atomic mass is 10.1. The third-order valence-corrected chi connectivity index (χ3v) is 4.14. The van der Waals surface area contributed by atoms with Crippen molar-refractivity contribution in [2.45, 2.75) is 6.92 Å². The first kappa shape index (κ1) is 19.6. The molecule has 3 aromatic rings. The number of ether oxygens (including phenoxy) is 1. The van der Waals surface area contributed by atoms with Crippen LogP contribution in [0.15, 0.2) is 54.6 Å². The van der Waals surface area contributed by atoms with Gasteiger partial charge < -0.3 is 15.4 Å². The second-order valence-corrected chi connectivity index (χ2v) is 6.36. The predicted octanol–water partition coefficient (Wildman–Crippen LogP) is 4.45. The molecule has 2 aromatic carbocycles. The summed E-state index contributed by atoms with van der Waals surface area (Å²) in [7, 11) is 0. The Morgan fingerprint density at radius 1 is 1.11 bits per heavy atom. The van der Waals surface area contributed by atoms with E-state index in [1.54, 1.807) is 6.07 Å². The minimum atomic E-state index is -0.608. The van der Waals surface area contributed by atoms with Crippen molar-refractivity contribution >= 4 is 23.3 Å². The number of hydrogen-bond donors (Lipinski definition) is 2. The van der Waals surface area contributed by atoms with Gasteiger partial charge in [0.1, 0.15) is 12.4 Å². The molecule has 0 aliphatic rings. The fraction of sp³-hybridized carbons (Fsp3) is 0.150. The van der Waals surface area contributed by atoms with Crippen molar-refractivity contribution in [1.29, 1.82) is 0 Å². The van der Waals surface area contributed by atoms with Gasteiger partial charge in [-0.05, 0) is 25.1 Å². The first-order valence-electron chi connectivity index (χ1n) is 8.55. The van der Waals surface area contributed by atoms with Crippen LogP contribution in [0.5, 0.6) is 5.88 Å². The molecule has 0 atom stereocenters. The Kier molecular flexibility index (Phi) is 6.39. The number of hydrogen-bond acceptors (Lipinski definition) is 4. The van der Waals surface area contributed by atoms with Crippen molar-refractivity contribution in [3.05, 3.63) is 71.0 Å². The Hall–Kier alpha value is -3.19. The average molecular weight is 401 g/mol. The van der Waals surface area contributed by atoms with E-state index < -0.39 is 11.8 Å². The van der Waals surface area contributed by atoms with Gasteiger partial charge in [0, 0.05) is 11.6 Å². The van der Waals surface area contributed by atoms with Crippen LogP contribution >= 0.6 is 11.6 Å². The van der Waals surface area contributed by atoms with E-state index in [0.717, 1.165) is 11.3 Å². The monoisotopic (exact) mass is 400 g/mol. The lowest BCUT2D eigenvalue weighted by molar-refractivity contribution is 0.246. The van der Waals surface area contributed by atoms with Gasteiger partial charge >= 0.3 is 6.03 Å². The first-order valence-corrected chi connectivity index (χ1v) is 8.93. The van der Waals surface area contributed by atoms with Gasteiger partial charge in [0.2, 0.25) is 5.88 Å². The van der Waals surface area contributed by atoms with Gasteiger partial charge in [0.25, 0.3) is 0 Å². The smallest absolute Gasteiger partial charge is 0.319 e. The molecule has 0 unspecified atom stereocenters. The first-order chi connectivity index (χ1) is 13.5. The summed E-state index contributed by atoms with van der Waals surface area (Å²) in [5.41, 5.74) is 2.81. The highest BCUT2D eigenvalue weighted by atomic mass is 35.5. The number of nitrogens with zero attached hydrogens (tertiary/aromatic N) is 2. The van der Waals surface area contributed by atoms with E-state index in [2.05, 4.69) is 20.8 Å². The molecule has 144 valence electrons. The minimum absolute atomic E-state index is 0.0693. The van der Waals surface area contributed by atoms with Gasteiger partial charge in [-0.2, -0.15) is 0 Å². The maximum Gasteiger partial charge on any atom is 0.319 e. The Labute approximate surface area is 166 Å². The summed E-state index contributed by atoms with van der Waals surface area (Å²) < 4.78 is 19.1. The van der Waals surface area contributed by atoms with Crippen LogP contribution in [0, 0.1) is 12.7 Å². The number of halogens is 2. The summed E-state index contributed by atoms with van der Waals surface area (Å²) in [4.78, 5) is 11.8. The van der Waals surface area contributed by atoms with Crippen LogP contribution in [0.3, 0.4) is 0 Å². The Balaban J connectivity index is 1.45. The summed E-state index contributed by atoms with van der Waals surface area (Å²) in [5, 5.41) is 13.2. The number of anilines is 1. The number of carbonyl (C=O) groups is 1. The quantitative estimate of drug-likeness (QED) is 0.599. The largest absolute Gasteiger partial charge is 0.475 e. The van der Waals surface area contributed by atoms with Crippen molar-refractivity contribution in [2.75, 3.05) is 18.5 Å². The second-order valence-electron chi connectivity index (χ2n) is 5.95. The number of aryl methyl sites for hydroxylation is 1. The van der Waals surface area contributed by atoms with Crippen molar-refractivity contribution in [2.24, 2.45) is 0 Å². The van der Waals surface area contributed by atoms with Gasteiger partial charge in [0.05, 0.1) is 22.9 Å². The number of amides is 2. The van der Waals surface area contributed by atoms with E-state index >= 15 is 0 Å². The Morgan fingerprint density at radius 3 is 2.57 bits per heavy atom. The molecule has 3 rings (SSSR count). The molecule has 8 heteroatoms. The molecule has 0 saturated carbocycles. The molecular weight excluding hydrogens is 383 g/mol. The van der Waals surface area contributed by atoms with Crippen LogP contribution in [0.1, 0.15) is 5.56 Å². The topological polar surface area (TPSA) is 76.1 Å². The third-order valence-electron chi connectivity index (χ3n) is 3.83. The Morgan fingerprint density at radius 2 is 1.89 bits per heavy atom. The summed E-state index contributed by atoms with van der Waals surface area (Å²) in [6, 6.07) is 15.1. The number of para-hydroxylation sites is 1. The van der Waals surface area contributed by atoms with Crippen LogP contribution in [0.4, 0.5) is 14.9 Å². The van der Waals surface area contributed by atoms with Crippen LogP contribution in [-0.4, -0.2) is 29.4 Å². The summed E-state index contributed by atoms with van der Waals surface area (Å²) in [6.07, 6.45) is 0. The van der Waals surface area contributed by atoms with E-state index in [0.29, 0.717) is 5.88 Å². The number of carbonyl (C=O) groups excluding carboxylic acids is 1. The average Bonchev–Trinajstić information content (AvgIpc) is 2.69. The van der Waals surface area contributed by atoms with Gasteiger partial charge in [-0.25, -0.2) is 9.18 Å². The van der Waals surface area contributed by atoms with E-state index in [4.69, 9.17) is 16.3 Å². The van der Waals surface area contributed by atoms with Crippen LogP contribution < -0.4 is 15.4 Å². The molecule has 2 N–H and O–H groups in total. The summed E-state index contributed by atoms with van der Waals surface area (Å²) in [5.74, 6) is -0.266. The molecule has 0 fully saturated rings. The fourth-order valence-corrected chi connectivity index (χ4v) is 2.58. The maximum atomic E-state index is 13.6. The molecule has 2 amide bonds. The maximum absolute atomic E-state index is 13.6. The van der Waals surface area contributed by atoms with E-state index in [1.165, 1.54) is 23.8 Å². The molecule has 1 heterocycles. The van der Waals surface area contributed by atoms with E-state index in [-0.39, 0.29) is 23.9 Å². The van der Waals surface area contributed by atoms with E-state index in [9.17, 15) is 9.18 Å². The zero-order chi connectivity index (χ0) is 19.9. The molecule has 0 spiro atoms. The zero-order valence-electron chi connectivity index (χ0n) is 15.1. The molecule has 0 radical (unpaired) electrons. The highest BCUT2D eigenvalue weighted by Gasteiger charge is 2.10. The standard InChI is InChI=1S/C20H18ClFN4O2/c1-13-5-7-14(8-6-13)17-9-10-18(26-25-17)28-12-11-23-20(27)24-19-15(21)3-2-4-16(19)22/h2-10H,11-12H2,1H3,(H2,23,24,27). The van der Waals surface area contributed by atoms with Gasteiger partial charge in [-0.3, -0.25) is 0 Å². The molecule has 0 aliphatic carbocycles. The van der Waals surface area contributed by atoms with Crippen molar-refractivity contribution < 1.29 is 13.9 Å². The predicted molar refractivity (Wildman–Crippen MR) is 106 cm³/mol. The minimum Gasteiger partial charge on any atom is -0.475 e. The highest BCUT2D eigenvalue weighted by molar-refractivity contribution is 6.33. The lowest BCUT2D eigenvalue weighted by Gasteiger charge is -2.10. The van der Waals surface area contributed by atoms with Crippen molar-refractivity contribution in [3.63, 3.8) is 0 Å². The summed E-state index contributed by atoms with van der Waals surface area (Å²) in [6.45, 7) is 2.39. The van der Waals surface area contributed by atoms with Gasteiger partial charge in [-0.15, -0.1) is 10.2 Å². The zero-order valence-corrected chi connectivity index (χ0v) is 15.8. The molecule has 1 aromatic heterocycles. The third kappa shape index (κ3) is 5.17. The van der Waals surface area contributed by atoms with Crippen LogP contribution in [0.2, 0.25) is 5.02 Å². The van der Waals surface area contributed by atoms with Gasteiger partial charge in [0.15, 0.2) is 0 Å². The Bertz CT molecular complexity index is 929. The molecule has 6 nitrogen and oxygen atoms in total. The van der Waals surface area contributed by atoms with Crippen LogP contribution in [-0.2, 0) is 0 Å². The second kappa shape index (κ2) is 9.14. The van der Waals surface area contributed by atoms with Crippen molar-refractivity contribution in [3.8, 4) is 17.1 Å². The van der Waals surface area contributed by atoms with E-state index in [1.807, 2.05) is 37.3 Å². The molecule has 0 saturated heterocycles. The molecule has 28 heavy (non-hydrogen) atoms. The number of urea groups is 1. The molecule has 0 bridgehead atoms. The molecule has 0 aliphatic heterocycles. The highest BCUT2D eigenvalue weighted by Crippen LogP contribution is 2.24. The van der Waals surface area contributed by atoms with Gasteiger partial charge in [-0.1, -0.05) is 47.5 Å². The summed E-state index contributed by atoms with van der Waals surface area (Å²) >= 11 is 5.86. The number of rotatable bonds is 6. The van der Waals surface area contributed by atoms with Crippen LogP contribution in [0.25, 0.3) is 11.3 Å². The fourth-order valence-electron chi connectivity index (χ4n) is 2.37. The lowest BCUT2D eigenvalue weighted by Crippen LogP contribution is -2.32. The normalized spacial score (nSPS) is 10.4. The van der Waals surface area contributed by atoms with Crippen molar-refractivity contribution in [1.82, 2.24) is 15.5 Å². The molecular formula is C20H18ClFN4O2.